The molecule has 1 aromatic heterocycles. The van der Waals surface area contributed by atoms with Crippen LogP contribution in [-0.4, -0.2) is 58.2 Å². The van der Waals surface area contributed by atoms with E-state index in [1.165, 1.54) is 0 Å². The van der Waals surface area contributed by atoms with Crippen molar-refractivity contribution in [3.05, 3.63) is 40.6 Å². The number of benzene rings is 1. The summed E-state index contributed by atoms with van der Waals surface area (Å²) in [6.07, 6.45) is -4.39. The Balaban J connectivity index is 1.02. The van der Waals surface area contributed by atoms with Crippen LogP contribution in [0.1, 0.15) is 67.4 Å². The predicted octanol–water partition coefficient (Wildman–Crippen LogP) is 4.25. The van der Waals surface area contributed by atoms with Gasteiger partial charge < -0.3 is 19.0 Å². The molecule has 4 heterocycles. The van der Waals surface area contributed by atoms with Crippen molar-refractivity contribution in [1.82, 2.24) is 10.2 Å². The number of rotatable bonds is 5. The quantitative estimate of drug-likeness (QED) is 0.559. The van der Waals surface area contributed by atoms with Gasteiger partial charge in [-0.05, 0) is 43.9 Å². The molecule has 1 aromatic carbocycles. The Bertz CT molecular complexity index is 1220. The number of nitrogens with zero attached hydrogens (tertiary/aromatic N) is 3. The van der Waals surface area contributed by atoms with Gasteiger partial charge in [-0.1, -0.05) is 11.6 Å². The predicted molar refractivity (Wildman–Crippen MR) is 120 cm³/mol. The van der Waals surface area contributed by atoms with Gasteiger partial charge in [-0.15, -0.1) is 23.4 Å². The molecule has 0 spiro atoms. The van der Waals surface area contributed by atoms with Crippen LogP contribution in [0.4, 0.5) is 13.2 Å². The van der Waals surface area contributed by atoms with Gasteiger partial charge in [0.2, 0.25) is 11.8 Å². The highest BCUT2D eigenvalue weighted by atomic mass is 35.5. The van der Waals surface area contributed by atoms with Crippen LogP contribution < -0.4 is 4.74 Å². The maximum atomic E-state index is 12.7. The van der Waals surface area contributed by atoms with Crippen LogP contribution in [0.15, 0.2) is 27.6 Å². The lowest BCUT2D eigenvalue weighted by molar-refractivity contribution is -0.352. The Labute approximate surface area is 213 Å². The van der Waals surface area contributed by atoms with Crippen molar-refractivity contribution in [1.29, 1.82) is 0 Å². The molecule has 9 nitrogen and oxygen atoms in total. The molecule has 3 fully saturated rings. The van der Waals surface area contributed by atoms with Gasteiger partial charge in [0.05, 0.1) is 30.3 Å². The zero-order chi connectivity index (χ0) is 25.9. The van der Waals surface area contributed by atoms with Crippen molar-refractivity contribution in [3.63, 3.8) is 0 Å². The van der Waals surface area contributed by atoms with E-state index in [-0.39, 0.29) is 49.2 Å². The minimum atomic E-state index is -4.65. The summed E-state index contributed by atoms with van der Waals surface area (Å²) in [5.41, 5.74) is 0.545. The molecule has 1 aliphatic carbocycles. The van der Waals surface area contributed by atoms with E-state index in [2.05, 4.69) is 19.9 Å². The fourth-order valence-corrected chi connectivity index (χ4v) is 5.73. The van der Waals surface area contributed by atoms with Crippen molar-refractivity contribution in [2.45, 2.75) is 80.8 Å². The largest absolute Gasteiger partial charge is 0.522 e. The fraction of sp³-hybridized carbons (Fsp3) is 0.583. The molecule has 2 aromatic rings. The van der Waals surface area contributed by atoms with Crippen molar-refractivity contribution in [2.75, 3.05) is 0 Å². The third-order valence-corrected chi connectivity index (χ3v) is 7.73. The summed E-state index contributed by atoms with van der Waals surface area (Å²) in [6.45, 7) is 0. The summed E-state index contributed by atoms with van der Waals surface area (Å²) < 4.78 is 58.5. The molecule has 1 saturated carbocycles. The monoisotopic (exact) mass is 541 g/mol. The fourth-order valence-electron chi connectivity index (χ4n) is 5.54. The second kappa shape index (κ2) is 9.33. The molecule has 6 atom stereocenters. The topological polar surface area (TPSA) is 116 Å². The molecule has 37 heavy (non-hydrogen) atoms. The van der Waals surface area contributed by atoms with Crippen molar-refractivity contribution in [3.8, 4) is 5.75 Å². The zero-order valence-electron chi connectivity index (χ0n) is 19.3. The van der Waals surface area contributed by atoms with Crippen LogP contribution in [0.25, 0.3) is 0 Å². The Kier molecular flexibility index (Phi) is 6.25. The first kappa shape index (κ1) is 24.8. The Morgan fingerprint density at radius 2 is 1.92 bits per heavy atom. The number of hydrogen-bond acceptors (Lipinski definition) is 8. The number of aliphatic hydroxyl groups is 1. The number of aromatic nitrogens is 2. The summed E-state index contributed by atoms with van der Waals surface area (Å²) >= 11 is 5.97. The maximum absolute atomic E-state index is 12.7. The number of ether oxygens (including phenoxy) is 3. The number of carbonyl (C=O) groups is 1. The molecule has 1 N–H and O–H groups in total. The van der Waals surface area contributed by atoms with Gasteiger partial charge in [0.15, 0.2) is 6.10 Å². The third-order valence-electron chi connectivity index (χ3n) is 7.49. The minimum Gasteiger partial charge on any atom is -0.480 e. The Morgan fingerprint density at radius 1 is 1.14 bits per heavy atom. The standard InChI is InChI=1S/C24H23ClF3N3O6/c25-12-1-2-17-14(6-12)16(32)8-20(34-17)21(33)29-9-11-5-19-15(7-18(11)35-19)23-31-30-22(36-23)10-3-13(4-10)37-24(26,27)28/h1-2,6,9-11,13,15-16,18-20,32H,3-5,7-8H2/t10?,11?,13?,15-,16-,18+,19+,20+/m1/s1. The molecule has 3 aliphatic heterocycles. The summed E-state index contributed by atoms with van der Waals surface area (Å²) in [4.78, 5) is 16.8. The third kappa shape index (κ3) is 4.99. The van der Waals surface area contributed by atoms with Gasteiger partial charge in [0.1, 0.15) is 5.75 Å². The smallest absolute Gasteiger partial charge is 0.480 e. The number of alkyl halides is 3. The van der Waals surface area contributed by atoms with E-state index in [9.17, 15) is 23.1 Å². The van der Waals surface area contributed by atoms with E-state index in [4.69, 9.17) is 25.5 Å². The van der Waals surface area contributed by atoms with Crippen LogP contribution in [0.2, 0.25) is 5.02 Å². The number of carbonyl (C=O) groups excluding carboxylic acids is 1. The highest BCUT2D eigenvalue weighted by Crippen LogP contribution is 2.48. The van der Waals surface area contributed by atoms with E-state index < -0.39 is 30.6 Å². The Morgan fingerprint density at radius 3 is 2.65 bits per heavy atom. The first-order valence-electron chi connectivity index (χ1n) is 12.1. The summed E-state index contributed by atoms with van der Waals surface area (Å²) in [6, 6.07) is 4.87. The highest BCUT2D eigenvalue weighted by Gasteiger charge is 2.50. The molecule has 2 bridgehead atoms. The minimum absolute atomic E-state index is 0.0703. The number of aliphatic hydroxyl groups excluding tert-OH is 1. The summed E-state index contributed by atoms with van der Waals surface area (Å²) in [7, 11) is 0. The van der Waals surface area contributed by atoms with E-state index in [1.54, 1.807) is 24.4 Å². The average Bonchev–Trinajstić information content (AvgIpc) is 3.55. The first-order chi connectivity index (χ1) is 17.6. The van der Waals surface area contributed by atoms with Gasteiger partial charge in [-0.25, -0.2) is 4.99 Å². The molecule has 1 unspecified atom stereocenters. The van der Waals surface area contributed by atoms with Gasteiger partial charge in [-0.3, -0.25) is 9.53 Å². The lowest BCUT2D eigenvalue weighted by atomic mass is 9.82. The van der Waals surface area contributed by atoms with Crippen LogP contribution in [0, 0.1) is 5.92 Å². The van der Waals surface area contributed by atoms with Gasteiger partial charge in [0.25, 0.3) is 5.91 Å². The van der Waals surface area contributed by atoms with Crippen molar-refractivity contribution >= 4 is 23.7 Å². The summed E-state index contributed by atoms with van der Waals surface area (Å²) in [5.74, 6) is 0.233. The number of aliphatic imine (C=N–C) groups is 1. The molecule has 198 valence electrons. The summed E-state index contributed by atoms with van der Waals surface area (Å²) in [5, 5.41) is 19.0. The molecule has 1 amide bonds. The second-order valence-electron chi connectivity index (χ2n) is 9.94. The van der Waals surface area contributed by atoms with Crippen LogP contribution >= 0.6 is 11.6 Å². The van der Waals surface area contributed by atoms with Gasteiger partial charge in [0, 0.05) is 35.1 Å². The number of hydrogen-bond donors (Lipinski definition) is 1. The molecule has 13 heteroatoms. The highest BCUT2D eigenvalue weighted by molar-refractivity contribution is 6.30. The van der Waals surface area contributed by atoms with Crippen molar-refractivity contribution < 1.29 is 41.7 Å². The number of halogens is 4. The molecular weight excluding hydrogens is 519 g/mol. The number of fused-ring (bicyclic) bond motifs is 3. The second-order valence-corrected chi connectivity index (χ2v) is 10.4. The van der Waals surface area contributed by atoms with Crippen LogP contribution in [0.5, 0.6) is 5.75 Å². The van der Waals surface area contributed by atoms with Gasteiger partial charge >= 0.3 is 6.36 Å². The van der Waals surface area contributed by atoms with E-state index >= 15 is 0 Å². The Hall–Kier alpha value is -2.54. The van der Waals surface area contributed by atoms with E-state index in [1.807, 2.05) is 0 Å². The van der Waals surface area contributed by atoms with Crippen LogP contribution in [-0.2, 0) is 14.3 Å². The maximum Gasteiger partial charge on any atom is 0.522 e. The average molecular weight is 542 g/mol. The van der Waals surface area contributed by atoms with Crippen molar-refractivity contribution in [2.24, 2.45) is 10.9 Å². The SMILES string of the molecule is O=C(N=CC1C[C@@H]2O[C@H]1C[C@H]2c1nnc(C2CC(OC(F)(F)F)C2)o1)[C@@H]1C[C@@H](O)c2cc(Cl)ccc2O1. The lowest BCUT2D eigenvalue weighted by Gasteiger charge is -2.32. The van der Waals surface area contributed by atoms with E-state index in [0.717, 1.165) is 0 Å². The zero-order valence-corrected chi connectivity index (χ0v) is 20.1. The molecule has 2 saturated heterocycles. The lowest BCUT2D eigenvalue weighted by Crippen LogP contribution is -2.34. The van der Waals surface area contributed by atoms with Gasteiger partial charge in [-0.2, -0.15) is 0 Å². The molecule has 6 rings (SSSR count). The van der Waals surface area contributed by atoms with E-state index in [0.29, 0.717) is 41.0 Å². The van der Waals surface area contributed by atoms with Crippen LogP contribution in [0.3, 0.4) is 0 Å². The first-order valence-corrected chi connectivity index (χ1v) is 12.5. The molecule has 0 radical (unpaired) electrons. The normalized spacial score (nSPS) is 34.8. The molecular formula is C24H23ClF3N3O6. The molecule has 4 aliphatic rings. The number of amides is 1.